The molecule has 2 aromatic carbocycles. The van der Waals surface area contributed by atoms with Gasteiger partial charge in [0.05, 0.1) is 0 Å². The Kier molecular flexibility index (Phi) is 4.29. The van der Waals surface area contributed by atoms with Crippen molar-refractivity contribution in [1.82, 2.24) is 5.32 Å². The number of hydrogen-bond donors (Lipinski definition) is 3. The van der Waals surface area contributed by atoms with E-state index < -0.39 is 5.91 Å². The van der Waals surface area contributed by atoms with Crippen LogP contribution in [0.25, 0.3) is 17.2 Å². The molecule has 2 rings (SSSR count). The molecule has 4 N–H and O–H groups in total. The Labute approximate surface area is 117 Å². The van der Waals surface area contributed by atoms with Crippen LogP contribution in [0.3, 0.4) is 0 Å². The third-order valence-corrected chi connectivity index (χ3v) is 2.68. The number of benzene rings is 2. The van der Waals surface area contributed by atoms with Gasteiger partial charge in [0.15, 0.2) is 5.96 Å². The first kappa shape index (κ1) is 13.5. The molecule has 20 heavy (non-hydrogen) atoms. The van der Waals surface area contributed by atoms with Crippen molar-refractivity contribution >= 4 is 17.9 Å². The molecule has 0 spiro atoms. The quantitative estimate of drug-likeness (QED) is 0.452. The van der Waals surface area contributed by atoms with Gasteiger partial charge in [-0.15, -0.1) is 0 Å². The normalized spacial score (nSPS) is 10.4. The molecule has 0 atom stereocenters. The fraction of sp³-hybridized carbons (Fsp3) is 0. The highest BCUT2D eigenvalue weighted by atomic mass is 16.1. The van der Waals surface area contributed by atoms with Crippen molar-refractivity contribution in [3.05, 3.63) is 66.2 Å². The van der Waals surface area contributed by atoms with E-state index in [2.05, 4.69) is 5.32 Å². The van der Waals surface area contributed by atoms with Crippen molar-refractivity contribution in [3.63, 3.8) is 0 Å². The summed E-state index contributed by atoms with van der Waals surface area (Å²) in [6.07, 6.45) is 3.04. The first-order chi connectivity index (χ1) is 9.65. The Morgan fingerprint density at radius 1 is 1.05 bits per heavy atom. The molecule has 0 heterocycles. The number of amides is 1. The SMILES string of the molecule is N=C(N)NC(=O)/C=C/c1cccc(-c2ccccc2)c1. The van der Waals surface area contributed by atoms with Crippen LogP contribution < -0.4 is 11.1 Å². The summed E-state index contributed by atoms with van der Waals surface area (Å²) in [6.45, 7) is 0. The summed E-state index contributed by atoms with van der Waals surface area (Å²) in [4.78, 5) is 11.4. The lowest BCUT2D eigenvalue weighted by molar-refractivity contribution is -0.115. The van der Waals surface area contributed by atoms with Crippen molar-refractivity contribution in [1.29, 1.82) is 5.41 Å². The maximum absolute atomic E-state index is 11.4. The van der Waals surface area contributed by atoms with E-state index in [1.165, 1.54) is 6.08 Å². The van der Waals surface area contributed by atoms with Gasteiger partial charge in [-0.2, -0.15) is 0 Å². The molecular weight excluding hydrogens is 250 g/mol. The Morgan fingerprint density at radius 2 is 1.75 bits per heavy atom. The zero-order chi connectivity index (χ0) is 14.4. The van der Waals surface area contributed by atoms with Crippen LogP contribution in [-0.4, -0.2) is 11.9 Å². The summed E-state index contributed by atoms with van der Waals surface area (Å²) in [7, 11) is 0. The molecule has 1 amide bonds. The highest BCUT2D eigenvalue weighted by Crippen LogP contribution is 2.20. The molecule has 0 aliphatic heterocycles. The van der Waals surface area contributed by atoms with Gasteiger partial charge < -0.3 is 5.73 Å². The average molecular weight is 265 g/mol. The molecule has 0 radical (unpaired) electrons. The highest BCUT2D eigenvalue weighted by molar-refractivity contribution is 6.02. The van der Waals surface area contributed by atoms with Crippen molar-refractivity contribution in [2.45, 2.75) is 0 Å². The van der Waals surface area contributed by atoms with Gasteiger partial charge in [0.1, 0.15) is 0 Å². The van der Waals surface area contributed by atoms with Gasteiger partial charge >= 0.3 is 0 Å². The molecule has 0 aliphatic rings. The third kappa shape index (κ3) is 3.81. The second-order valence-corrected chi connectivity index (χ2v) is 4.23. The van der Waals surface area contributed by atoms with Crippen molar-refractivity contribution in [2.75, 3.05) is 0 Å². The van der Waals surface area contributed by atoms with E-state index in [1.807, 2.05) is 54.6 Å². The van der Waals surface area contributed by atoms with Gasteiger partial charge in [-0.05, 0) is 28.8 Å². The van der Waals surface area contributed by atoms with Crippen molar-refractivity contribution in [2.24, 2.45) is 5.73 Å². The fourth-order valence-corrected chi connectivity index (χ4v) is 1.80. The Morgan fingerprint density at radius 3 is 2.45 bits per heavy atom. The molecule has 0 aliphatic carbocycles. The van der Waals surface area contributed by atoms with Crippen LogP contribution in [0.1, 0.15) is 5.56 Å². The molecule has 0 unspecified atom stereocenters. The zero-order valence-corrected chi connectivity index (χ0v) is 10.8. The van der Waals surface area contributed by atoms with E-state index in [0.29, 0.717) is 0 Å². The van der Waals surface area contributed by atoms with Crippen LogP contribution in [0.5, 0.6) is 0 Å². The number of hydrogen-bond acceptors (Lipinski definition) is 2. The Hall–Kier alpha value is -2.88. The predicted octanol–water partition coefficient (Wildman–Crippen LogP) is 2.38. The number of nitrogens with two attached hydrogens (primary N) is 1. The number of rotatable bonds is 3. The van der Waals surface area contributed by atoms with E-state index in [4.69, 9.17) is 11.1 Å². The number of nitrogens with one attached hydrogen (secondary N) is 2. The number of carbonyl (C=O) groups excluding carboxylic acids is 1. The summed E-state index contributed by atoms with van der Waals surface area (Å²) in [5.74, 6) is -0.777. The standard InChI is InChI=1S/C16H15N3O/c17-16(18)19-15(20)10-9-12-5-4-8-14(11-12)13-6-2-1-3-7-13/h1-11H,(H4,17,18,19,20)/b10-9+. The smallest absolute Gasteiger partial charge is 0.250 e. The average Bonchev–Trinajstić information content (AvgIpc) is 2.46. The van der Waals surface area contributed by atoms with Gasteiger partial charge in [0.2, 0.25) is 0 Å². The van der Waals surface area contributed by atoms with E-state index in [9.17, 15) is 4.79 Å². The van der Waals surface area contributed by atoms with Gasteiger partial charge in [-0.1, -0.05) is 48.5 Å². The molecule has 4 heteroatoms. The van der Waals surface area contributed by atoms with Crippen LogP contribution in [0.2, 0.25) is 0 Å². The van der Waals surface area contributed by atoms with Gasteiger partial charge in [0.25, 0.3) is 5.91 Å². The predicted molar refractivity (Wildman–Crippen MR) is 81.0 cm³/mol. The van der Waals surface area contributed by atoms with E-state index in [-0.39, 0.29) is 5.96 Å². The second-order valence-electron chi connectivity index (χ2n) is 4.23. The Balaban J connectivity index is 2.17. The van der Waals surface area contributed by atoms with Crippen molar-refractivity contribution < 1.29 is 4.79 Å². The minimum absolute atomic E-state index is 0.363. The summed E-state index contributed by atoms with van der Waals surface area (Å²) in [5, 5.41) is 9.16. The summed E-state index contributed by atoms with van der Waals surface area (Å²) < 4.78 is 0. The Bertz CT molecular complexity index is 648. The first-order valence-electron chi connectivity index (χ1n) is 6.14. The molecule has 0 saturated carbocycles. The van der Waals surface area contributed by atoms with Crippen LogP contribution >= 0.6 is 0 Å². The van der Waals surface area contributed by atoms with Crippen LogP contribution in [0, 0.1) is 5.41 Å². The molecule has 0 aromatic heterocycles. The lowest BCUT2D eigenvalue weighted by atomic mass is 10.0. The molecule has 2 aromatic rings. The maximum atomic E-state index is 11.4. The molecule has 0 saturated heterocycles. The van der Waals surface area contributed by atoms with E-state index in [1.54, 1.807) is 6.08 Å². The maximum Gasteiger partial charge on any atom is 0.250 e. The minimum Gasteiger partial charge on any atom is -0.370 e. The van der Waals surface area contributed by atoms with Gasteiger partial charge in [-0.3, -0.25) is 15.5 Å². The number of guanidine groups is 1. The lowest BCUT2D eigenvalue weighted by Gasteiger charge is -2.02. The second kappa shape index (κ2) is 6.33. The third-order valence-electron chi connectivity index (χ3n) is 2.68. The molecule has 4 nitrogen and oxygen atoms in total. The molecule has 100 valence electrons. The van der Waals surface area contributed by atoms with Gasteiger partial charge in [0, 0.05) is 6.08 Å². The van der Waals surface area contributed by atoms with E-state index >= 15 is 0 Å². The zero-order valence-electron chi connectivity index (χ0n) is 10.8. The highest BCUT2D eigenvalue weighted by Gasteiger charge is 1.98. The molecular formula is C16H15N3O. The summed E-state index contributed by atoms with van der Waals surface area (Å²) in [6, 6.07) is 17.9. The fourth-order valence-electron chi connectivity index (χ4n) is 1.80. The topological polar surface area (TPSA) is 79.0 Å². The molecule has 0 fully saturated rings. The van der Waals surface area contributed by atoms with Crippen LogP contribution in [0.4, 0.5) is 0 Å². The lowest BCUT2D eigenvalue weighted by Crippen LogP contribution is -2.34. The number of carbonyl (C=O) groups is 1. The minimum atomic E-state index is -0.414. The van der Waals surface area contributed by atoms with E-state index in [0.717, 1.165) is 16.7 Å². The van der Waals surface area contributed by atoms with Crippen LogP contribution in [-0.2, 0) is 4.79 Å². The monoisotopic (exact) mass is 265 g/mol. The first-order valence-corrected chi connectivity index (χ1v) is 6.14. The largest absolute Gasteiger partial charge is 0.370 e. The van der Waals surface area contributed by atoms with Crippen molar-refractivity contribution in [3.8, 4) is 11.1 Å². The van der Waals surface area contributed by atoms with Gasteiger partial charge in [-0.25, -0.2) is 0 Å². The molecule has 0 bridgehead atoms. The summed E-state index contributed by atoms with van der Waals surface area (Å²) in [5.41, 5.74) is 8.19. The summed E-state index contributed by atoms with van der Waals surface area (Å²) >= 11 is 0. The van der Waals surface area contributed by atoms with Crippen LogP contribution in [0.15, 0.2) is 60.7 Å².